The number of fused-ring (bicyclic) bond motifs is 1. The van der Waals surface area contributed by atoms with Gasteiger partial charge in [0, 0.05) is 24.2 Å². The largest absolute Gasteiger partial charge is 0.363 e. The maximum absolute atomic E-state index is 12.5. The fourth-order valence-electron chi connectivity index (χ4n) is 2.35. The second-order valence-electron chi connectivity index (χ2n) is 5.22. The lowest BCUT2D eigenvalue weighted by molar-refractivity contribution is -0.122. The smallest absolute Gasteiger partial charge is 0.242 e. The molecule has 0 aliphatic carbocycles. The minimum absolute atomic E-state index is 0.152. The second kappa shape index (κ2) is 9.21. The van der Waals surface area contributed by atoms with Crippen LogP contribution < -0.4 is 16.0 Å². The standard InChI is InChI=1S/C17H20N4OS2/c1-2-19-17(23)21-14(16(22)20-9-5-8-18)10-12-11-24-15-7-4-3-6-13(12)15/h3-4,6-7,11,14H,2,5,9-10H2,1H3,(H,20,22)(H2,19,21,23). The number of amides is 1. The SMILES string of the molecule is CCNC(=S)NC(Cc1csc2ccccc12)C(=O)NCCC#N. The molecule has 1 amide bonds. The van der Waals surface area contributed by atoms with Crippen LogP contribution in [0.4, 0.5) is 0 Å². The van der Waals surface area contributed by atoms with Crippen molar-refractivity contribution >= 4 is 44.7 Å². The molecule has 1 aromatic heterocycles. The molecule has 0 bridgehead atoms. The van der Waals surface area contributed by atoms with Crippen molar-refractivity contribution in [3.8, 4) is 6.07 Å². The van der Waals surface area contributed by atoms with Crippen molar-refractivity contribution in [1.82, 2.24) is 16.0 Å². The molecule has 0 aliphatic heterocycles. The number of rotatable bonds is 7. The van der Waals surface area contributed by atoms with E-state index >= 15 is 0 Å². The Balaban J connectivity index is 2.13. The van der Waals surface area contributed by atoms with E-state index in [4.69, 9.17) is 17.5 Å². The number of nitriles is 1. The summed E-state index contributed by atoms with van der Waals surface area (Å²) in [7, 11) is 0. The number of thiophene rings is 1. The summed E-state index contributed by atoms with van der Waals surface area (Å²) >= 11 is 6.89. The van der Waals surface area contributed by atoms with Crippen LogP contribution in [0.3, 0.4) is 0 Å². The Morgan fingerprint density at radius 2 is 2.17 bits per heavy atom. The minimum atomic E-state index is -0.478. The maximum Gasteiger partial charge on any atom is 0.242 e. The lowest BCUT2D eigenvalue weighted by atomic mass is 10.0. The van der Waals surface area contributed by atoms with E-state index in [0.29, 0.717) is 24.6 Å². The number of hydrogen-bond donors (Lipinski definition) is 3. The Morgan fingerprint density at radius 1 is 1.38 bits per heavy atom. The van der Waals surface area contributed by atoms with E-state index in [2.05, 4.69) is 33.5 Å². The van der Waals surface area contributed by atoms with Crippen LogP contribution in [-0.2, 0) is 11.2 Å². The summed E-state index contributed by atoms with van der Waals surface area (Å²) in [5.41, 5.74) is 1.11. The van der Waals surface area contributed by atoms with Crippen molar-refractivity contribution in [2.45, 2.75) is 25.8 Å². The monoisotopic (exact) mass is 360 g/mol. The van der Waals surface area contributed by atoms with E-state index in [1.165, 1.54) is 4.70 Å². The van der Waals surface area contributed by atoms with E-state index < -0.39 is 6.04 Å². The van der Waals surface area contributed by atoms with E-state index in [1.54, 1.807) is 11.3 Å². The number of thiocarbonyl (C=S) groups is 1. The number of carbonyl (C=O) groups is 1. The predicted molar refractivity (Wildman–Crippen MR) is 102 cm³/mol. The molecule has 1 heterocycles. The average Bonchev–Trinajstić information content (AvgIpc) is 2.98. The van der Waals surface area contributed by atoms with Crippen LogP contribution in [0.1, 0.15) is 18.9 Å². The molecule has 2 aromatic rings. The van der Waals surface area contributed by atoms with Crippen LogP contribution in [-0.4, -0.2) is 30.2 Å². The summed E-state index contributed by atoms with van der Waals surface area (Å²) in [5, 5.41) is 21.2. The molecule has 126 valence electrons. The maximum atomic E-state index is 12.5. The lowest BCUT2D eigenvalue weighted by Gasteiger charge is -2.20. The van der Waals surface area contributed by atoms with Gasteiger partial charge in [0.15, 0.2) is 5.11 Å². The Labute approximate surface area is 151 Å². The summed E-state index contributed by atoms with van der Waals surface area (Å²) in [6, 6.07) is 9.68. The van der Waals surface area contributed by atoms with Gasteiger partial charge < -0.3 is 16.0 Å². The van der Waals surface area contributed by atoms with Crippen molar-refractivity contribution < 1.29 is 4.79 Å². The quantitative estimate of drug-likeness (QED) is 0.522. The number of nitrogens with zero attached hydrogens (tertiary/aromatic N) is 1. The van der Waals surface area contributed by atoms with Gasteiger partial charge in [-0.3, -0.25) is 4.79 Å². The highest BCUT2D eigenvalue weighted by molar-refractivity contribution is 7.80. The molecule has 24 heavy (non-hydrogen) atoms. The molecular weight excluding hydrogens is 340 g/mol. The normalized spacial score (nSPS) is 11.5. The third-order valence-electron chi connectivity index (χ3n) is 3.48. The van der Waals surface area contributed by atoms with Crippen molar-refractivity contribution in [3.63, 3.8) is 0 Å². The van der Waals surface area contributed by atoms with Gasteiger partial charge in [-0.1, -0.05) is 18.2 Å². The van der Waals surface area contributed by atoms with Gasteiger partial charge in [0.2, 0.25) is 5.91 Å². The molecule has 1 aromatic carbocycles. The van der Waals surface area contributed by atoms with E-state index in [0.717, 1.165) is 10.9 Å². The minimum Gasteiger partial charge on any atom is -0.363 e. The Kier molecular flexibility index (Phi) is 6.97. The molecule has 0 aliphatic rings. The summed E-state index contributed by atoms with van der Waals surface area (Å²) in [6.45, 7) is 2.98. The number of hydrogen-bond acceptors (Lipinski definition) is 4. The van der Waals surface area contributed by atoms with Crippen molar-refractivity contribution in [2.24, 2.45) is 0 Å². The summed E-state index contributed by atoms with van der Waals surface area (Å²) < 4.78 is 1.20. The number of nitrogens with one attached hydrogen (secondary N) is 3. The van der Waals surface area contributed by atoms with Crippen LogP contribution in [0.2, 0.25) is 0 Å². The van der Waals surface area contributed by atoms with E-state index in [1.807, 2.05) is 25.1 Å². The molecule has 0 saturated carbocycles. The first kappa shape index (κ1) is 18.2. The second-order valence-corrected chi connectivity index (χ2v) is 6.54. The molecule has 1 atom stereocenters. The average molecular weight is 361 g/mol. The highest BCUT2D eigenvalue weighted by atomic mass is 32.1. The molecule has 3 N–H and O–H groups in total. The molecule has 7 heteroatoms. The molecule has 1 unspecified atom stereocenters. The zero-order valence-electron chi connectivity index (χ0n) is 13.5. The molecular formula is C17H20N4OS2. The van der Waals surface area contributed by atoms with Crippen LogP contribution in [0.25, 0.3) is 10.1 Å². The van der Waals surface area contributed by atoms with Gasteiger partial charge in [-0.2, -0.15) is 5.26 Å². The Morgan fingerprint density at radius 3 is 2.92 bits per heavy atom. The molecule has 0 spiro atoms. The Bertz CT molecular complexity index is 750. The number of carbonyl (C=O) groups excluding carboxylic acids is 1. The third-order valence-corrected chi connectivity index (χ3v) is 4.75. The molecule has 5 nitrogen and oxygen atoms in total. The number of benzene rings is 1. The molecule has 2 rings (SSSR count). The highest BCUT2D eigenvalue weighted by Gasteiger charge is 2.21. The van der Waals surface area contributed by atoms with Gasteiger partial charge in [0.25, 0.3) is 0 Å². The summed E-state index contributed by atoms with van der Waals surface area (Å²) in [4.78, 5) is 12.5. The first-order valence-corrected chi connectivity index (χ1v) is 9.08. The third kappa shape index (κ3) is 4.91. The van der Waals surface area contributed by atoms with E-state index in [-0.39, 0.29) is 12.3 Å². The lowest BCUT2D eigenvalue weighted by Crippen LogP contribution is -2.51. The van der Waals surface area contributed by atoms with Crippen LogP contribution in [0.15, 0.2) is 29.6 Å². The Hall–Kier alpha value is -2.17. The first-order chi connectivity index (χ1) is 11.7. The van der Waals surface area contributed by atoms with Gasteiger partial charge >= 0.3 is 0 Å². The van der Waals surface area contributed by atoms with Crippen LogP contribution in [0, 0.1) is 11.3 Å². The van der Waals surface area contributed by atoms with Crippen LogP contribution in [0.5, 0.6) is 0 Å². The zero-order chi connectivity index (χ0) is 17.4. The van der Waals surface area contributed by atoms with Crippen molar-refractivity contribution in [3.05, 3.63) is 35.2 Å². The topological polar surface area (TPSA) is 76.9 Å². The van der Waals surface area contributed by atoms with Crippen LogP contribution >= 0.6 is 23.6 Å². The fraction of sp³-hybridized carbons (Fsp3) is 0.353. The molecule has 0 fully saturated rings. The van der Waals surface area contributed by atoms with Crippen molar-refractivity contribution in [2.75, 3.05) is 13.1 Å². The van der Waals surface area contributed by atoms with E-state index in [9.17, 15) is 4.79 Å². The predicted octanol–water partition coefficient (Wildman–Crippen LogP) is 2.33. The van der Waals surface area contributed by atoms with Gasteiger partial charge in [-0.05, 0) is 41.5 Å². The summed E-state index contributed by atoms with van der Waals surface area (Å²) in [6.07, 6.45) is 0.825. The summed E-state index contributed by atoms with van der Waals surface area (Å²) in [5.74, 6) is -0.152. The highest BCUT2D eigenvalue weighted by Crippen LogP contribution is 2.26. The van der Waals surface area contributed by atoms with Gasteiger partial charge in [0.1, 0.15) is 6.04 Å². The zero-order valence-corrected chi connectivity index (χ0v) is 15.1. The first-order valence-electron chi connectivity index (χ1n) is 7.79. The molecule has 0 saturated heterocycles. The van der Waals surface area contributed by atoms with Gasteiger partial charge in [-0.15, -0.1) is 11.3 Å². The molecule has 0 radical (unpaired) electrons. The van der Waals surface area contributed by atoms with Gasteiger partial charge in [0.05, 0.1) is 12.5 Å². The van der Waals surface area contributed by atoms with Gasteiger partial charge in [-0.25, -0.2) is 0 Å². The fourth-order valence-corrected chi connectivity index (χ4v) is 3.62. The van der Waals surface area contributed by atoms with Crippen molar-refractivity contribution in [1.29, 1.82) is 5.26 Å².